The number of ether oxygens (including phenoxy) is 1. The Labute approximate surface area is 84.8 Å². The highest BCUT2D eigenvalue weighted by molar-refractivity contribution is 5.38. The van der Waals surface area contributed by atoms with Crippen molar-refractivity contribution in [2.75, 3.05) is 6.61 Å². The van der Waals surface area contributed by atoms with Gasteiger partial charge in [-0.1, -0.05) is 32.1 Å². The first-order valence-electron chi connectivity index (χ1n) is 4.75. The molecule has 0 bridgehead atoms. The Kier molecular flexibility index (Phi) is 4.05. The maximum atomic E-state index is 9.56. The van der Waals surface area contributed by atoms with E-state index in [9.17, 15) is 5.11 Å². The van der Waals surface area contributed by atoms with Crippen molar-refractivity contribution in [3.05, 3.63) is 36.4 Å². The Hall–Kier alpha value is -1.44. The molecule has 0 aliphatic rings. The van der Waals surface area contributed by atoms with Gasteiger partial charge in [0.05, 0.1) is 6.07 Å². The molecule has 0 saturated heterocycles. The van der Waals surface area contributed by atoms with E-state index >= 15 is 0 Å². The highest BCUT2D eigenvalue weighted by Gasteiger charge is 2.02. The van der Waals surface area contributed by atoms with Gasteiger partial charge in [0.2, 0.25) is 0 Å². The first-order valence-corrected chi connectivity index (χ1v) is 4.75. The van der Waals surface area contributed by atoms with Crippen LogP contribution in [0.1, 0.15) is 18.9 Å². The van der Waals surface area contributed by atoms with Gasteiger partial charge in [0, 0.05) is 0 Å². The van der Waals surface area contributed by atoms with Gasteiger partial charge in [-0.05, 0) is 18.1 Å². The molecule has 0 amide bonds. The molecule has 14 heavy (non-hydrogen) atoms. The van der Waals surface area contributed by atoms with Crippen molar-refractivity contribution in [3.63, 3.8) is 0 Å². The van der Waals surface area contributed by atoms with Crippen molar-refractivity contribution in [1.82, 2.24) is 0 Å². The van der Waals surface area contributed by atoms with E-state index in [1.54, 1.807) is 6.08 Å². The van der Waals surface area contributed by atoms with E-state index in [1.807, 2.05) is 12.1 Å². The number of benzene rings is 1. The van der Waals surface area contributed by atoms with Crippen LogP contribution in [-0.2, 0) is 6.42 Å². The third kappa shape index (κ3) is 2.80. The minimum atomic E-state index is 0.188. The van der Waals surface area contributed by atoms with Gasteiger partial charge < -0.3 is 9.84 Å². The first kappa shape index (κ1) is 10.6. The first-order chi connectivity index (χ1) is 6.77. The third-order valence-corrected chi connectivity index (χ3v) is 1.86. The van der Waals surface area contributed by atoms with Crippen molar-refractivity contribution in [3.8, 4) is 11.5 Å². The van der Waals surface area contributed by atoms with Crippen LogP contribution in [0.25, 0.3) is 0 Å². The molecule has 2 heteroatoms. The van der Waals surface area contributed by atoms with Crippen LogP contribution in [-0.4, -0.2) is 11.7 Å². The molecular formula is C12H15O2. The van der Waals surface area contributed by atoms with Crippen molar-refractivity contribution in [1.29, 1.82) is 0 Å². The molecule has 0 aliphatic carbocycles. The van der Waals surface area contributed by atoms with Crippen LogP contribution in [0.4, 0.5) is 0 Å². The molecule has 0 heterocycles. The minimum Gasteiger partial charge on any atom is -0.507 e. The summed E-state index contributed by atoms with van der Waals surface area (Å²) in [7, 11) is 0. The summed E-state index contributed by atoms with van der Waals surface area (Å²) in [5.74, 6) is 0.746. The molecule has 0 spiro atoms. The quantitative estimate of drug-likeness (QED) is 0.725. The fourth-order valence-electron chi connectivity index (χ4n) is 1.20. The molecular weight excluding hydrogens is 176 g/mol. The molecule has 0 aliphatic heterocycles. The Morgan fingerprint density at radius 2 is 2.36 bits per heavy atom. The van der Waals surface area contributed by atoms with E-state index in [2.05, 4.69) is 19.6 Å². The summed E-state index contributed by atoms with van der Waals surface area (Å²) < 4.78 is 5.24. The Morgan fingerprint density at radius 1 is 1.57 bits per heavy atom. The van der Waals surface area contributed by atoms with Crippen LogP contribution in [0.3, 0.4) is 0 Å². The number of aromatic hydroxyl groups is 1. The second-order valence-electron chi connectivity index (χ2n) is 3.05. The summed E-state index contributed by atoms with van der Waals surface area (Å²) in [5.41, 5.74) is 0.915. The van der Waals surface area contributed by atoms with E-state index in [4.69, 9.17) is 4.74 Å². The van der Waals surface area contributed by atoms with Crippen LogP contribution in [0.2, 0.25) is 0 Å². The minimum absolute atomic E-state index is 0.188. The molecule has 1 rings (SSSR count). The summed E-state index contributed by atoms with van der Waals surface area (Å²) in [4.78, 5) is 0. The van der Waals surface area contributed by atoms with E-state index < -0.39 is 0 Å². The lowest BCUT2D eigenvalue weighted by Crippen LogP contribution is -1.93. The summed E-state index contributed by atoms with van der Waals surface area (Å²) in [6, 6.07) is 6.46. The zero-order valence-corrected chi connectivity index (χ0v) is 8.42. The molecule has 75 valence electrons. The number of phenolic OH excluding ortho intramolecular Hbond substituents is 1. The molecule has 1 aromatic carbocycles. The number of rotatable bonds is 5. The Bertz CT molecular complexity index is 305. The molecule has 1 radical (unpaired) electrons. The maximum Gasteiger partial charge on any atom is 0.131 e. The van der Waals surface area contributed by atoms with Crippen LogP contribution in [0.5, 0.6) is 11.5 Å². The molecule has 0 atom stereocenters. The topological polar surface area (TPSA) is 29.5 Å². The Balaban J connectivity index is 2.72. The van der Waals surface area contributed by atoms with Crippen molar-refractivity contribution in [2.24, 2.45) is 0 Å². The van der Waals surface area contributed by atoms with Crippen LogP contribution < -0.4 is 4.74 Å². The van der Waals surface area contributed by atoms with Crippen molar-refractivity contribution < 1.29 is 9.84 Å². The van der Waals surface area contributed by atoms with Crippen molar-refractivity contribution in [2.45, 2.75) is 19.8 Å². The smallest absolute Gasteiger partial charge is 0.131 e. The van der Waals surface area contributed by atoms with E-state index in [0.29, 0.717) is 12.4 Å². The number of aryl methyl sites for hydroxylation is 1. The van der Waals surface area contributed by atoms with Gasteiger partial charge in [-0.3, -0.25) is 0 Å². The lowest BCUT2D eigenvalue weighted by Gasteiger charge is -2.06. The highest BCUT2D eigenvalue weighted by Crippen LogP contribution is 2.23. The lowest BCUT2D eigenvalue weighted by atomic mass is 10.1. The number of hydrogen-bond acceptors (Lipinski definition) is 2. The molecule has 0 unspecified atom stereocenters. The number of phenols is 1. The van der Waals surface area contributed by atoms with E-state index in [1.165, 1.54) is 0 Å². The van der Waals surface area contributed by atoms with Gasteiger partial charge in [0.15, 0.2) is 0 Å². The fraction of sp³-hybridized carbons (Fsp3) is 0.333. The summed E-state index contributed by atoms with van der Waals surface area (Å²) >= 11 is 0. The van der Waals surface area contributed by atoms with Gasteiger partial charge in [-0.15, -0.1) is 0 Å². The SMILES string of the molecule is C=CCOc1[c]c(O)c(CCC)cc1. The predicted octanol–water partition coefficient (Wildman–Crippen LogP) is 2.71. The summed E-state index contributed by atoms with van der Waals surface area (Å²) in [5, 5.41) is 9.56. The second kappa shape index (κ2) is 5.32. The van der Waals surface area contributed by atoms with Crippen LogP contribution in [0, 0.1) is 6.07 Å². The molecule has 0 saturated carbocycles. The Morgan fingerprint density at radius 3 is 2.93 bits per heavy atom. The fourth-order valence-corrected chi connectivity index (χ4v) is 1.20. The van der Waals surface area contributed by atoms with Gasteiger partial charge in [-0.25, -0.2) is 0 Å². The van der Waals surface area contributed by atoms with Crippen molar-refractivity contribution >= 4 is 0 Å². The molecule has 0 fully saturated rings. The highest BCUT2D eigenvalue weighted by atomic mass is 16.5. The van der Waals surface area contributed by atoms with E-state index in [0.717, 1.165) is 18.4 Å². The zero-order chi connectivity index (χ0) is 10.4. The standard InChI is InChI=1S/C12H15O2/c1-3-5-10-6-7-11(9-12(10)13)14-8-4-2/h4,6-7,13H,2-3,5,8H2,1H3. The maximum absolute atomic E-state index is 9.56. The largest absolute Gasteiger partial charge is 0.507 e. The lowest BCUT2D eigenvalue weighted by molar-refractivity contribution is 0.358. The van der Waals surface area contributed by atoms with Gasteiger partial charge in [0.1, 0.15) is 18.1 Å². The number of hydrogen-bond donors (Lipinski definition) is 1. The summed E-state index contributed by atoms with van der Waals surface area (Å²) in [6.45, 7) is 6.05. The summed E-state index contributed by atoms with van der Waals surface area (Å²) in [6.07, 6.45) is 3.53. The van der Waals surface area contributed by atoms with Gasteiger partial charge in [-0.2, -0.15) is 0 Å². The average molecular weight is 191 g/mol. The average Bonchev–Trinajstić information content (AvgIpc) is 2.19. The molecule has 1 N–H and O–H groups in total. The third-order valence-electron chi connectivity index (χ3n) is 1.86. The second-order valence-corrected chi connectivity index (χ2v) is 3.05. The monoisotopic (exact) mass is 191 g/mol. The van der Waals surface area contributed by atoms with Gasteiger partial charge in [0.25, 0.3) is 0 Å². The molecule has 2 nitrogen and oxygen atoms in total. The van der Waals surface area contributed by atoms with E-state index in [-0.39, 0.29) is 5.75 Å². The predicted molar refractivity (Wildman–Crippen MR) is 56.6 cm³/mol. The van der Waals surface area contributed by atoms with Crippen LogP contribution >= 0.6 is 0 Å². The van der Waals surface area contributed by atoms with Crippen LogP contribution in [0.15, 0.2) is 24.8 Å². The molecule has 1 aromatic rings. The zero-order valence-electron chi connectivity index (χ0n) is 8.42. The molecule has 0 aromatic heterocycles. The normalized spacial score (nSPS) is 9.79. The van der Waals surface area contributed by atoms with Gasteiger partial charge >= 0.3 is 0 Å².